The van der Waals surface area contributed by atoms with E-state index in [1.54, 1.807) is 30.3 Å². The van der Waals surface area contributed by atoms with Crippen molar-refractivity contribution in [3.63, 3.8) is 0 Å². The van der Waals surface area contributed by atoms with Gasteiger partial charge < -0.3 is 9.47 Å². The topological polar surface area (TPSA) is 55.8 Å². The van der Waals surface area contributed by atoms with Crippen LogP contribution in [0.2, 0.25) is 0 Å². The summed E-state index contributed by atoms with van der Waals surface area (Å²) < 4.78 is 63.6. The fourth-order valence-electron chi connectivity index (χ4n) is 2.25. The fraction of sp³-hybridized carbons (Fsp3) is 0.222. The number of methoxy groups -OCH3 is 1. The van der Waals surface area contributed by atoms with Crippen molar-refractivity contribution in [1.29, 1.82) is 0 Å². The van der Waals surface area contributed by atoms with Gasteiger partial charge >= 0.3 is 18.1 Å². The van der Waals surface area contributed by atoms with E-state index in [1.807, 2.05) is 0 Å². The third-order valence-electron chi connectivity index (χ3n) is 3.50. The van der Waals surface area contributed by atoms with Crippen molar-refractivity contribution in [2.75, 3.05) is 18.6 Å². The molecule has 0 aromatic heterocycles. The summed E-state index contributed by atoms with van der Waals surface area (Å²) in [5.74, 6) is -5.12. The molecule has 0 fully saturated rings. The maximum Gasteiger partial charge on any atom is 0.471 e. The smallest absolute Gasteiger partial charge is 0.471 e. The summed E-state index contributed by atoms with van der Waals surface area (Å²) in [6.07, 6.45) is -5.34. The van der Waals surface area contributed by atoms with Crippen molar-refractivity contribution in [3.05, 3.63) is 58.3 Å². The third kappa shape index (κ3) is 5.44. The van der Waals surface area contributed by atoms with Gasteiger partial charge in [-0.25, -0.2) is 4.39 Å². The molecule has 1 amide bonds. The lowest BCUT2D eigenvalue weighted by Gasteiger charge is -2.25. The van der Waals surface area contributed by atoms with E-state index in [2.05, 4.69) is 20.7 Å². The Balaban J connectivity index is 2.48. The van der Waals surface area contributed by atoms with Gasteiger partial charge in [0.1, 0.15) is 24.6 Å². The average molecular weight is 464 g/mol. The van der Waals surface area contributed by atoms with E-state index in [0.717, 1.165) is 13.2 Å². The molecule has 0 saturated carbocycles. The van der Waals surface area contributed by atoms with Crippen molar-refractivity contribution in [3.8, 4) is 5.75 Å². The first-order valence-corrected chi connectivity index (χ1v) is 8.54. The quantitative estimate of drug-likeness (QED) is 0.475. The minimum Gasteiger partial charge on any atom is -0.487 e. The summed E-state index contributed by atoms with van der Waals surface area (Å²) in [5.41, 5.74) is -0.151. The average Bonchev–Trinajstić information content (AvgIpc) is 2.64. The van der Waals surface area contributed by atoms with E-state index in [1.165, 1.54) is 6.07 Å². The Kier molecular flexibility index (Phi) is 7.00. The highest BCUT2D eigenvalue weighted by atomic mass is 79.9. The number of anilines is 1. The number of carbonyl (C=O) groups excluding carboxylic acids is 2. The number of nitrogens with zero attached hydrogens (tertiary/aromatic N) is 1. The molecule has 5 nitrogen and oxygen atoms in total. The second-order valence-corrected chi connectivity index (χ2v) is 6.39. The van der Waals surface area contributed by atoms with Crippen molar-refractivity contribution >= 4 is 33.5 Å². The highest BCUT2D eigenvalue weighted by Gasteiger charge is 2.45. The summed E-state index contributed by atoms with van der Waals surface area (Å²) in [7, 11) is 0.934. The molecule has 0 saturated heterocycles. The number of benzene rings is 2. The van der Waals surface area contributed by atoms with Gasteiger partial charge in [0.05, 0.1) is 7.11 Å². The van der Waals surface area contributed by atoms with Crippen LogP contribution >= 0.6 is 15.9 Å². The third-order valence-corrected chi connectivity index (χ3v) is 3.96. The minimum atomic E-state index is -5.34. The van der Waals surface area contributed by atoms with Crippen LogP contribution in [0, 0.1) is 5.82 Å². The molecule has 2 rings (SSSR count). The number of alkyl halides is 3. The van der Waals surface area contributed by atoms with Gasteiger partial charge in [0.25, 0.3) is 0 Å². The van der Waals surface area contributed by atoms with Gasteiger partial charge in [0.15, 0.2) is 5.82 Å². The molecule has 0 spiro atoms. The Morgan fingerprint density at radius 1 is 1.14 bits per heavy atom. The van der Waals surface area contributed by atoms with Crippen molar-refractivity contribution in [1.82, 2.24) is 0 Å². The van der Waals surface area contributed by atoms with Crippen LogP contribution in [0.4, 0.5) is 23.2 Å². The maximum absolute atomic E-state index is 14.6. The standard InChI is InChI=1S/C18H14BrF4NO4/c1-27-15(25)9-24(17(26)18(21,22)23)16-13(20)7-12(19)8-14(16)28-10-11-5-3-2-4-6-11/h2-8H,9-10H2,1H3. The molecule has 10 heteroatoms. The fourth-order valence-corrected chi connectivity index (χ4v) is 2.66. The molecule has 28 heavy (non-hydrogen) atoms. The van der Waals surface area contributed by atoms with Gasteiger partial charge in [-0.3, -0.25) is 14.5 Å². The van der Waals surface area contributed by atoms with E-state index >= 15 is 0 Å². The van der Waals surface area contributed by atoms with E-state index in [-0.39, 0.29) is 21.7 Å². The lowest BCUT2D eigenvalue weighted by atomic mass is 10.2. The van der Waals surface area contributed by atoms with Crippen LogP contribution < -0.4 is 9.64 Å². The SMILES string of the molecule is COC(=O)CN(C(=O)C(F)(F)F)c1c(F)cc(Br)cc1OCc1ccccc1. The minimum absolute atomic E-state index is 0.0477. The van der Waals surface area contributed by atoms with Gasteiger partial charge in [0.2, 0.25) is 0 Å². The normalized spacial score (nSPS) is 11.1. The van der Waals surface area contributed by atoms with Crippen LogP contribution in [0.3, 0.4) is 0 Å². The molecule has 0 heterocycles. The van der Waals surface area contributed by atoms with E-state index in [4.69, 9.17) is 4.74 Å². The van der Waals surface area contributed by atoms with Crippen molar-refractivity contribution in [2.24, 2.45) is 0 Å². The molecule has 2 aromatic rings. The first kappa shape index (κ1) is 21.7. The molecule has 0 aliphatic heterocycles. The highest BCUT2D eigenvalue weighted by molar-refractivity contribution is 9.10. The zero-order valence-electron chi connectivity index (χ0n) is 14.4. The molecule has 0 aliphatic carbocycles. The highest BCUT2D eigenvalue weighted by Crippen LogP contribution is 2.37. The van der Waals surface area contributed by atoms with E-state index in [9.17, 15) is 27.2 Å². The van der Waals surface area contributed by atoms with Crippen LogP contribution in [-0.2, 0) is 20.9 Å². The summed E-state index contributed by atoms with van der Waals surface area (Å²) in [5, 5.41) is 0. The van der Waals surface area contributed by atoms with Gasteiger partial charge in [-0.05, 0) is 17.7 Å². The first-order chi connectivity index (χ1) is 13.1. The largest absolute Gasteiger partial charge is 0.487 e. The van der Waals surface area contributed by atoms with E-state index in [0.29, 0.717) is 5.56 Å². The summed E-state index contributed by atoms with van der Waals surface area (Å²) in [6, 6.07) is 10.7. The Morgan fingerprint density at radius 3 is 2.36 bits per heavy atom. The van der Waals surface area contributed by atoms with Gasteiger partial charge in [-0.15, -0.1) is 0 Å². The molecule has 0 radical (unpaired) electrons. The number of halogens is 5. The number of carbonyl (C=O) groups is 2. The van der Waals surface area contributed by atoms with Crippen LogP contribution in [0.1, 0.15) is 5.56 Å². The van der Waals surface area contributed by atoms with Gasteiger partial charge in [-0.2, -0.15) is 13.2 Å². The number of hydrogen-bond donors (Lipinski definition) is 0. The maximum atomic E-state index is 14.6. The van der Waals surface area contributed by atoms with Crippen LogP contribution in [0.15, 0.2) is 46.9 Å². The van der Waals surface area contributed by atoms with Crippen LogP contribution in [0.5, 0.6) is 5.75 Å². The Morgan fingerprint density at radius 2 is 1.79 bits per heavy atom. The molecule has 150 valence electrons. The van der Waals surface area contributed by atoms with Crippen LogP contribution in [-0.4, -0.2) is 31.7 Å². The number of rotatable bonds is 6. The second-order valence-electron chi connectivity index (χ2n) is 5.47. The monoisotopic (exact) mass is 463 g/mol. The van der Waals surface area contributed by atoms with Gasteiger partial charge in [0, 0.05) is 4.47 Å². The molecule has 0 bridgehead atoms. The Hall–Kier alpha value is -2.62. The van der Waals surface area contributed by atoms with Crippen molar-refractivity contribution < 1.29 is 36.6 Å². The van der Waals surface area contributed by atoms with Gasteiger partial charge in [-0.1, -0.05) is 46.3 Å². The molecule has 2 aromatic carbocycles. The number of esters is 1. The summed E-state index contributed by atoms with van der Waals surface area (Å²) in [4.78, 5) is 23.3. The van der Waals surface area contributed by atoms with E-state index < -0.39 is 36.1 Å². The predicted octanol–water partition coefficient (Wildman–Crippen LogP) is 4.24. The predicted molar refractivity (Wildman–Crippen MR) is 95.3 cm³/mol. The lowest BCUT2D eigenvalue weighted by Crippen LogP contribution is -2.45. The number of amides is 1. The number of hydrogen-bond acceptors (Lipinski definition) is 4. The Bertz CT molecular complexity index is 859. The second kappa shape index (κ2) is 9.05. The first-order valence-electron chi connectivity index (χ1n) is 7.74. The zero-order valence-corrected chi connectivity index (χ0v) is 16.0. The lowest BCUT2D eigenvalue weighted by molar-refractivity contribution is -0.171. The zero-order chi connectivity index (χ0) is 20.9. The summed E-state index contributed by atoms with van der Waals surface area (Å²) in [6.45, 7) is -1.24. The molecule has 0 unspecified atom stereocenters. The van der Waals surface area contributed by atoms with Crippen LogP contribution in [0.25, 0.3) is 0 Å². The number of ether oxygens (including phenoxy) is 2. The van der Waals surface area contributed by atoms with Crippen molar-refractivity contribution in [2.45, 2.75) is 12.8 Å². The Labute approximate surface area is 166 Å². The molecular weight excluding hydrogens is 450 g/mol. The molecule has 0 aliphatic rings. The molecular formula is C18H14BrF4NO4. The summed E-state index contributed by atoms with van der Waals surface area (Å²) >= 11 is 3.03. The molecule has 0 N–H and O–H groups in total. The molecule has 0 atom stereocenters.